The number of carboxylic acids is 1. The van der Waals surface area contributed by atoms with E-state index in [1.54, 1.807) is 12.1 Å². The average Bonchev–Trinajstić information content (AvgIpc) is 3.27. The number of amides is 1. The lowest BCUT2D eigenvalue weighted by Crippen LogP contribution is -2.29. The lowest BCUT2D eigenvalue weighted by Gasteiger charge is -2.16. The zero-order valence-electron chi connectivity index (χ0n) is 15.2. The number of para-hydroxylation sites is 1. The molecule has 1 saturated heterocycles. The number of hydrogen-bond acceptors (Lipinski definition) is 2. The number of H-pyrrole nitrogens is 1. The molecular formula is C22H22N2O3. The molecule has 1 aliphatic rings. The van der Waals surface area contributed by atoms with Crippen molar-refractivity contribution >= 4 is 22.8 Å². The number of hydrogen-bond donors (Lipinski definition) is 2. The second kappa shape index (κ2) is 6.91. The Morgan fingerprint density at radius 3 is 2.59 bits per heavy atom. The summed E-state index contributed by atoms with van der Waals surface area (Å²) in [6.07, 6.45) is 1.82. The lowest BCUT2D eigenvalue weighted by molar-refractivity contribution is 0.0696. The summed E-state index contributed by atoms with van der Waals surface area (Å²) in [6.45, 7) is 3.48. The van der Waals surface area contributed by atoms with E-state index < -0.39 is 5.97 Å². The second-order valence-corrected chi connectivity index (χ2v) is 7.28. The van der Waals surface area contributed by atoms with Crippen LogP contribution in [0.3, 0.4) is 0 Å². The number of aryl methyl sites for hydroxylation is 1. The molecule has 1 amide bonds. The van der Waals surface area contributed by atoms with Crippen molar-refractivity contribution in [3.05, 3.63) is 70.9 Å². The van der Waals surface area contributed by atoms with Crippen LogP contribution in [0.4, 0.5) is 0 Å². The van der Waals surface area contributed by atoms with Gasteiger partial charge in [0.2, 0.25) is 0 Å². The summed E-state index contributed by atoms with van der Waals surface area (Å²) in [4.78, 5) is 29.1. The predicted molar refractivity (Wildman–Crippen MR) is 104 cm³/mol. The summed E-state index contributed by atoms with van der Waals surface area (Å²) in [7, 11) is 0. The molecule has 3 aromatic rings. The van der Waals surface area contributed by atoms with Crippen LogP contribution in [0.15, 0.2) is 48.5 Å². The molecule has 2 aromatic carbocycles. The lowest BCUT2D eigenvalue weighted by atomic mass is 9.98. The van der Waals surface area contributed by atoms with Gasteiger partial charge in [0.15, 0.2) is 0 Å². The number of benzene rings is 2. The van der Waals surface area contributed by atoms with Gasteiger partial charge in [0.25, 0.3) is 5.91 Å². The minimum absolute atomic E-state index is 0.0624. The Kier molecular flexibility index (Phi) is 4.44. The fourth-order valence-corrected chi connectivity index (χ4v) is 3.95. The highest BCUT2D eigenvalue weighted by atomic mass is 16.4. The standard InChI is InChI=1S/C22H22N2O3/c1-14-18-4-2-3-5-19(18)23-20(14)21(25)24-11-10-16(13-24)12-15-6-8-17(9-7-15)22(26)27/h2-9,16,23H,10-13H2,1H3,(H,26,27). The normalized spacial score (nSPS) is 16.8. The Morgan fingerprint density at radius 1 is 1.15 bits per heavy atom. The van der Waals surface area contributed by atoms with Gasteiger partial charge in [0.1, 0.15) is 5.69 Å². The van der Waals surface area contributed by atoms with Crippen molar-refractivity contribution in [2.45, 2.75) is 19.8 Å². The van der Waals surface area contributed by atoms with E-state index in [1.165, 1.54) is 0 Å². The Labute approximate surface area is 157 Å². The highest BCUT2D eigenvalue weighted by molar-refractivity contribution is 6.01. The first kappa shape index (κ1) is 17.3. The van der Waals surface area contributed by atoms with Crippen LogP contribution >= 0.6 is 0 Å². The summed E-state index contributed by atoms with van der Waals surface area (Å²) in [6, 6.07) is 15.0. The molecule has 1 aromatic heterocycles. The molecule has 4 rings (SSSR count). The zero-order valence-corrected chi connectivity index (χ0v) is 15.2. The van der Waals surface area contributed by atoms with Crippen molar-refractivity contribution < 1.29 is 14.7 Å². The van der Waals surface area contributed by atoms with Crippen LogP contribution in [0.2, 0.25) is 0 Å². The fourth-order valence-electron chi connectivity index (χ4n) is 3.95. The van der Waals surface area contributed by atoms with Crippen LogP contribution in [-0.4, -0.2) is 40.0 Å². The highest BCUT2D eigenvalue weighted by Crippen LogP contribution is 2.26. The number of aromatic nitrogens is 1. The van der Waals surface area contributed by atoms with Crippen LogP contribution in [0.25, 0.3) is 10.9 Å². The van der Waals surface area contributed by atoms with Gasteiger partial charge in [-0.1, -0.05) is 30.3 Å². The predicted octanol–water partition coefficient (Wildman–Crippen LogP) is 3.88. The number of carbonyl (C=O) groups excluding carboxylic acids is 1. The Bertz CT molecular complexity index is 1000. The van der Waals surface area contributed by atoms with Gasteiger partial charge in [-0.25, -0.2) is 4.79 Å². The first-order valence-electron chi connectivity index (χ1n) is 9.21. The molecule has 5 heteroatoms. The molecule has 0 aliphatic carbocycles. The summed E-state index contributed by atoms with van der Waals surface area (Å²) in [5.74, 6) is -0.449. The molecule has 0 bridgehead atoms. The van der Waals surface area contributed by atoms with Gasteiger partial charge in [-0.3, -0.25) is 4.79 Å². The molecule has 2 N–H and O–H groups in total. The smallest absolute Gasteiger partial charge is 0.335 e. The van der Waals surface area contributed by atoms with Gasteiger partial charge in [-0.2, -0.15) is 0 Å². The minimum atomic E-state index is -0.909. The number of rotatable bonds is 4. The van der Waals surface area contributed by atoms with E-state index in [9.17, 15) is 9.59 Å². The Morgan fingerprint density at radius 2 is 1.89 bits per heavy atom. The summed E-state index contributed by atoms with van der Waals surface area (Å²) >= 11 is 0. The SMILES string of the molecule is Cc1c(C(=O)N2CCC(Cc3ccc(C(=O)O)cc3)C2)[nH]c2ccccc12. The summed E-state index contributed by atoms with van der Waals surface area (Å²) in [5.41, 5.74) is 4.09. The highest BCUT2D eigenvalue weighted by Gasteiger charge is 2.29. The van der Waals surface area contributed by atoms with E-state index in [0.717, 1.165) is 48.0 Å². The number of fused-ring (bicyclic) bond motifs is 1. The van der Waals surface area contributed by atoms with E-state index in [0.29, 0.717) is 17.2 Å². The van der Waals surface area contributed by atoms with Crippen molar-refractivity contribution in [2.75, 3.05) is 13.1 Å². The van der Waals surface area contributed by atoms with Crippen molar-refractivity contribution in [3.8, 4) is 0 Å². The minimum Gasteiger partial charge on any atom is -0.478 e. The Balaban J connectivity index is 1.44. The van der Waals surface area contributed by atoms with Crippen LogP contribution in [0.5, 0.6) is 0 Å². The zero-order chi connectivity index (χ0) is 19.0. The van der Waals surface area contributed by atoms with Crippen molar-refractivity contribution in [1.82, 2.24) is 9.88 Å². The number of aromatic carboxylic acids is 1. The third-order valence-corrected chi connectivity index (χ3v) is 5.48. The maximum atomic E-state index is 13.0. The van der Waals surface area contributed by atoms with Crippen LogP contribution in [0, 0.1) is 12.8 Å². The first-order valence-corrected chi connectivity index (χ1v) is 9.21. The third kappa shape index (κ3) is 3.33. The molecule has 27 heavy (non-hydrogen) atoms. The molecule has 0 radical (unpaired) electrons. The van der Waals surface area contributed by atoms with Gasteiger partial charge >= 0.3 is 5.97 Å². The summed E-state index contributed by atoms with van der Waals surface area (Å²) in [5, 5.41) is 10.1. The largest absolute Gasteiger partial charge is 0.478 e. The Hall–Kier alpha value is -3.08. The maximum Gasteiger partial charge on any atom is 0.335 e. The van der Waals surface area contributed by atoms with E-state index in [2.05, 4.69) is 4.98 Å². The monoisotopic (exact) mass is 362 g/mol. The number of carbonyl (C=O) groups is 2. The molecule has 138 valence electrons. The van der Waals surface area contributed by atoms with Gasteiger partial charge in [-0.15, -0.1) is 0 Å². The summed E-state index contributed by atoms with van der Waals surface area (Å²) < 4.78 is 0. The number of nitrogens with one attached hydrogen (secondary N) is 1. The number of carboxylic acid groups (broad SMARTS) is 1. The molecular weight excluding hydrogens is 340 g/mol. The maximum absolute atomic E-state index is 13.0. The molecule has 1 aliphatic heterocycles. The van der Waals surface area contributed by atoms with Gasteiger partial charge in [0.05, 0.1) is 5.56 Å². The van der Waals surface area contributed by atoms with Crippen molar-refractivity contribution in [1.29, 1.82) is 0 Å². The number of aromatic amines is 1. The molecule has 5 nitrogen and oxygen atoms in total. The van der Waals surface area contributed by atoms with E-state index in [4.69, 9.17) is 5.11 Å². The van der Waals surface area contributed by atoms with Crippen LogP contribution in [-0.2, 0) is 6.42 Å². The fraction of sp³-hybridized carbons (Fsp3) is 0.273. The molecule has 1 atom stereocenters. The van der Waals surface area contributed by atoms with E-state index in [-0.39, 0.29) is 5.91 Å². The van der Waals surface area contributed by atoms with Crippen LogP contribution in [0.1, 0.15) is 38.4 Å². The average molecular weight is 362 g/mol. The number of nitrogens with zero attached hydrogens (tertiary/aromatic N) is 1. The van der Waals surface area contributed by atoms with Gasteiger partial charge < -0.3 is 15.0 Å². The quantitative estimate of drug-likeness (QED) is 0.740. The van der Waals surface area contributed by atoms with Crippen LogP contribution < -0.4 is 0 Å². The second-order valence-electron chi connectivity index (χ2n) is 7.28. The topological polar surface area (TPSA) is 73.4 Å². The van der Waals surface area contributed by atoms with Gasteiger partial charge in [-0.05, 0) is 55.0 Å². The molecule has 2 heterocycles. The molecule has 1 unspecified atom stereocenters. The molecule has 0 saturated carbocycles. The van der Waals surface area contributed by atoms with Crippen molar-refractivity contribution in [2.24, 2.45) is 5.92 Å². The van der Waals surface area contributed by atoms with Gasteiger partial charge in [0, 0.05) is 24.0 Å². The molecule has 1 fully saturated rings. The van der Waals surface area contributed by atoms with E-state index >= 15 is 0 Å². The number of likely N-dealkylation sites (tertiary alicyclic amines) is 1. The molecule has 0 spiro atoms. The third-order valence-electron chi connectivity index (χ3n) is 5.48. The van der Waals surface area contributed by atoms with E-state index in [1.807, 2.05) is 48.2 Å². The first-order chi connectivity index (χ1) is 13.0. The van der Waals surface area contributed by atoms with Crippen molar-refractivity contribution in [3.63, 3.8) is 0 Å².